The van der Waals surface area contributed by atoms with E-state index in [1.807, 2.05) is 19.1 Å². The van der Waals surface area contributed by atoms with Gasteiger partial charge < -0.3 is 4.74 Å². The van der Waals surface area contributed by atoms with Gasteiger partial charge in [0.25, 0.3) is 0 Å². The summed E-state index contributed by atoms with van der Waals surface area (Å²) >= 11 is 0. The third-order valence-corrected chi connectivity index (χ3v) is 1.03. The first-order valence-corrected chi connectivity index (χ1v) is 3.67. The van der Waals surface area contributed by atoms with Crippen molar-refractivity contribution in [1.82, 2.24) is 0 Å². The standard InChI is InChI=1S/C9H14O2/c1-4-5-6-8(2)7-11-9(3)10/h5-7H,4H2,1-3H3. The quantitative estimate of drug-likeness (QED) is 0.354. The van der Waals surface area contributed by atoms with Crippen LogP contribution in [0.1, 0.15) is 27.2 Å². The van der Waals surface area contributed by atoms with Crippen LogP contribution in [-0.4, -0.2) is 5.97 Å². The second-order valence-electron chi connectivity index (χ2n) is 2.28. The molecule has 0 saturated heterocycles. The number of hydrogen-bond donors (Lipinski definition) is 0. The Labute approximate surface area is 67.6 Å². The molecule has 2 nitrogen and oxygen atoms in total. The molecule has 0 saturated carbocycles. The van der Waals surface area contributed by atoms with E-state index in [1.165, 1.54) is 13.2 Å². The van der Waals surface area contributed by atoms with Gasteiger partial charge in [0.2, 0.25) is 0 Å². The van der Waals surface area contributed by atoms with E-state index >= 15 is 0 Å². The van der Waals surface area contributed by atoms with Gasteiger partial charge in [-0.15, -0.1) is 0 Å². The zero-order valence-corrected chi connectivity index (χ0v) is 7.26. The number of esters is 1. The number of hydrogen-bond acceptors (Lipinski definition) is 2. The zero-order valence-electron chi connectivity index (χ0n) is 7.26. The van der Waals surface area contributed by atoms with Crippen LogP contribution >= 0.6 is 0 Å². The van der Waals surface area contributed by atoms with E-state index in [0.29, 0.717) is 0 Å². The number of carbonyl (C=O) groups is 1. The van der Waals surface area contributed by atoms with Gasteiger partial charge in [-0.25, -0.2) is 0 Å². The zero-order chi connectivity index (χ0) is 8.69. The topological polar surface area (TPSA) is 26.3 Å². The van der Waals surface area contributed by atoms with Crippen molar-refractivity contribution in [2.45, 2.75) is 27.2 Å². The lowest BCUT2D eigenvalue weighted by molar-refractivity contribution is -0.135. The Bertz CT molecular complexity index is 178. The molecule has 0 rings (SSSR count). The van der Waals surface area contributed by atoms with Gasteiger partial charge >= 0.3 is 5.97 Å². The van der Waals surface area contributed by atoms with E-state index in [1.54, 1.807) is 0 Å². The number of ether oxygens (including phenoxy) is 1. The van der Waals surface area contributed by atoms with Crippen LogP contribution in [0.3, 0.4) is 0 Å². The normalized spacial score (nSPS) is 12.1. The fourth-order valence-electron chi connectivity index (χ4n) is 0.519. The molecule has 0 aliphatic heterocycles. The Morgan fingerprint density at radius 1 is 1.45 bits per heavy atom. The number of allylic oxidation sites excluding steroid dienone is 3. The van der Waals surface area contributed by atoms with Crippen LogP contribution in [0.4, 0.5) is 0 Å². The van der Waals surface area contributed by atoms with Gasteiger partial charge in [-0.1, -0.05) is 19.1 Å². The summed E-state index contributed by atoms with van der Waals surface area (Å²) in [7, 11) is 0. The molecule has 0 unspecified atom stereocenters. The van der Waals surface area contributed by atoms with Crippen LogP contribution in [0.25, 0.3) is 0 Å². The molecule has 0 heterocycles. The molecule has 0 aromatic heterocycles. The summed E-state index contributed by atoms with van der Waals surface area (Å²) < 4.78 is 4.65. The van der Waals surface area contributed by atoms with Crippen LogP contribution in [0.5, 0.6) is 0 Å². The fraction of sp³-hybridized carbons (Fsp3) is 0.444. The van der Waals surface area contributed by atoms with Gasteiger partial charge in [-0.3, -0.25) is 4.79 Å². The third-order valence-electron chi connectivity index (χ3n) is 1.03. The van der Waals surface area contributed by atoms with Crippen LogP contribution in [-0.2, 0) is 9.53 Å². The molecule has 0 aromatic carbocycles. The highest BCUT2D eigenvalue weighted by molar-refractivity contribution is 5.66. The van der Waals surface area contributed by atoms with Crippen molar-refractivity contribution in [1.29, 1.82) is 0 Å². The maximum atomic E-state index is 10.3. The lowest BCUT2D eigenvalue weighted by atomic mass is 10.3. The van der Waals surface area contributed by atoms with Crippen molar-refractivity contribution >= 4 is 5.97 Å². The monoisotopic (exact) mass is 154 g/mol. The summed E-state index contributed by atoms with van der Waals surface area (Å²) in [6, 6.07) is 0. The lowest BCUT2D eigenvalue weighted by Crippen LogP contribution is -1.90. The molecular weight excluding hydrogens is 140 g/mol. The molecule has 0 amide bonds. The van der Waals surface area contributed by atoms with Gasteiger partial charge in [0.05, 0.1) is 6.26 Å². The van der Waals surface area contributed by atoms with Crippen molar-refractivity contribution in [2.75, 3.05) is 0 Å². The van der Waals surface area contributed by atoms with E-state index in [2.05, 4.69) is 11.7 Å². The minimum absolute atomic E-state index is 0.283. The first-order chi connectivity index (χ1) is 5.16. The summed E-state index contributed by atoms with van der Waals surface area (Å²) in [6.45, 7) is 5.32. The van der Waals surface area contributed by atoms with Crippen molar-refractivity contribution in [3.63, 3.8) is 0 Å². The van der Waals surface area contributed by atoms with Gasteiger partial charge in [-0.2, -0.15) is 0 Å². The lowest BCUT2D eigenvalue weighted by Gasteiger charge is -1.92. The molecule has 0 fully saturated rings. The van der Waals surface area contributed by atoms with Crippen molar-refractivity contribution in [3.05, 3.63) is 24.0 Å². The van der Waals surface area contributed by atoms with Crippen molar-refractivity contribution in [3.8, 4) is 0 Å². The molecule has 0 radical (unpaired) electrons. The SMILES string of the molecule is CCC=CC(C)=COC(C)=O. The Balaban J connectivity index is 3.81. The smallest absolute Gasteiger partial charge is 0.307 e. The predicted molar refractivity (Wildman–Crippen MR) is 45.0 cm³/mol. The van der Waals surface area contributed by atoms with E-state index in [-0.39, 0.29) is 5.97 Å². The summed E-state index contributed by atoms with van der Waals surface area (Å²) in [4.78, 5) is 10.3. The first-order valence-electron chi connectivity index (χ1n) is 3.67. The van der Waals surface area contributed by atoms with Gasteiger partial charge in [-0.05, 0) is 18.9 Å². The minimum Gasteiger partial charge on any atom is -0.434 e. The minimum atomic E-state index is -0.283. The summed E-state index contributed by atoms with van der Waals surface area (Å²) in [5, 5.41) is 0. The molecule has 0 aliphatic carbocycles. The fourth-order valence-corrected chi connectivity index (χ4v) is 0.519. The second-order valence-corrected chi connectivity index (χ2v) is 2.28. The number of rotatable bonds is 3. The summed E-state index contributed by atoms with van der Waals surface area (Å²) in [5.41, 5.74) is 0.946. The van der Waals surface area contributed by atoms with Crippen LogP contribution in [0.2, 0.25) is 0 Å². The first kappa shape index (κ1) is 9.95. The molecule has 0 atom stereocenters. The third kappa shape index (κ3) is 6.84. The highest BCUT2D eigenvalue weighted by atomic mass is 16.5. The molecule has 62 valence electrons. The van der Waals surface area contributed by atoms with Crippen LogP contribution in [0, 0.1) is 0 Å². The number of carbonyl (C=O) groups excluding carboxylic acids is 1. The van der Waals surface area contributed by atoms with Gasteiger partial charge in [0, 0.05) is 6.92 Å². The summed E-state index contributed by atoms with van der Waals surface area (Å²) in [6.07, 6.45) is 6.37. The molecule has 0 aromatic rings. The Hall–Kier alpha value is -1.05. The van der Waals surface area contributed by atoms with Crippen LogP contribution < -0.4 is 0 Å². The highest BCUT2D eigenvalue weighted by Gasteiger charge is 1.86. The van der Waals surface area contributed by atoms with Crippen molar-refractivity contribution in [2.24, 2.45) is 0 Å². The average molecular weight is 154 g/mol. The largest absolute Gasteiger partial charge is 0.434 e. The molecule has 0 bridgehead atoms. The van der Waals surface area contributed by atoms with E-state index in [4.69, 9.17) is 0 Å². The highest BCUT2D eigenvalue weighted by Crippen LogP contribution is 1.96. The van der Waals surface area contributed by atoms with Crippen LogP contribution in [0.15, 0.2) is 24.0 Å². The Kier molecular flexibility index (Phi) is 5.17. The van der Waals surface area contributed by atoms with Gasteiger partial charge in [0.1, 0.15) is 0 Å². The molecule has 0 aliphatic rings. The molecule has 0 spiro atoms. The van der Waals surface area contributed by atoms with Crippen molar-refractivity contribution < 1.29 is 9.53 Å². The second kappa shape index (κ2) is 5.71. The van der Waals surface area contributed by atoms with E-state index < -0.39 is 0 Å². The van der Waals surface area contributed by atoms with E-state index in [9.17, 15) is 4.79 Å². The molecule has 2 heteroatoms. The maximum Gasteiger partial charge on any atom is 0.307 e. The Morgan fingerprint density at radius 3 is 2.55 bits per heavy atom. The molecule has 0 N–H and O–H groups in total. The maximum absolute atomic E-state index is 10.3. The summed E-state index contributed by atoms with van der Waals surface area (Å²) in [5.74, 6) is -0.283. The van der Waals surface area contributed by atoms with E-state index in [0.717, 1.165) is 12.0 Å². The molecule has 11 heavy (non-hydrogen) atoms. The average Bonchev–Trinajstić information content (AvgIpc) is 1.97. The van der Waals surface area contributed by atoms with Gasteiger partial charge in [0.15, 0.2) is 0 Å². The Morgan fingerprint density at radius 2 is 2.09 bits per heavy atom. The molecular formula is C9H14O2. The predicted octanol–water partition coefficient (Wildman–Crippen LogP) is 2.42.